The average molecular weight is 444 g/mol. The number of anilines is 2. The van der Waals surface area contributed by atoms with E-state index in [0.717, 1.165) is 24.3 Å². The Balaban J connectivity index is 1.90. The summed E-state index contributed by atoms with van der Waals surface area (Å²) in [5, 5.41) is 2.87. The minimum Gasteiger partial charge on any atom is -0.379 e. The van der Waals surface area contributed by atoms with E-state index >= 15 is 0 Å². The standard InChI is InChI=1S/C23H29N3O4S/c1-3-25(4-2)22-12-11-20(31(28,29)26-14-16-30-17-15-26)18-21(22)24-23(27)13-10-19-8-6-5-7-9-19/h5-13,18H,3-4,14-17H2,1-2H3,(H,24,27). The van der Waals surface area contributed by atoms with Gasteiger partial charge in [0.05, 0.1) is 29.5 Å². The van der Waals surface area contributed by atoms with E-state index < -0.39 is 10.0 Å². The first-order chi connectivity index (χ1) is 15.0. The number of morpholine rings is 1. The van der Waals surface area contributed by atoms with E-state index in [0.29, 0.717) is 32.0 Å². The van der Waals surface area contributed by atoms with Crippen LogP contribution >= 0.6 is 0 Å². The Morgan fingerprint density at radius 3 is 2.42 bits per heavy atom. The number of ether oxygens (including phenoxy) is 1. The van der Waals surface area contributed by atoms with Gasteiger partial charge in [-0.2, -0.15) is 4.31 Å². The lowest BCUT2D eigenvalue weighted by molar-refractivity contribution is -0.111. The van der Waals surface area contributed by atoms with Crippen LogP contribution in [0.3, 0.4) is 0 Å². The second-order valence-electron chi connectivity index (χ2n) is 7.10. The predicted molar refractivity (Wildman–Crippen MR) is 124 cm³/mol. The molecule has 1 heterocycles. The highest BCUT2D eigenvalue weighted by atomic mass is 32.2. The molecule has 0 atom stereocenters. The number of amides is 1. The molecule has 0 saturated carbocycles. The molecule has 31 heavy (non-hydrogen) atoms. The second-order valence-corrected chi connectivity index (χ2v) is 9.04. The number of nitrogens with one attached hydrogen (secondary N) is 1. The van der Waals surface area contributed by atoms with Crippen molar-refractivity contribution in [2.45, 2.75) is 18.7 Å². The zero-order valence-electron chi connectivity index (χ0n) is 18.0. The van der Waals surface area contributed by atoms with Gasteiger partial charge in [-0.25, -0.2) is 8.42 Å². The molecule has 2 aromatic carbocycles. The quantitative estimate of drug-likeness (QED) is 0.634. The highest BCUT2D eigenvalue weighted by molar-refractivity contribution is 7.89. The van der Waals surface area contributed by atoms with Gasteiger partial charge >= 0.3 is 0 Å². The van der Waals surface area contributed by atoms with Crippen LogP contribution < -0.4 is 10.2 Å². The summed E-state index contributed by atoms with van der Waals surface area (Å²) in [5.41, 5.74) is 2.17. The first-order valence-corrected chi connectivity index (χ1v) is 11.9. The topological polar surface area (TPSA) is 79.0 Å². The molecule has 0 spiro atoms. The maximum absolute atomic E-state index is 13.1. The fourth-order valence-electron chi connectivity index (χ4n) is 3.46. The maximum atomic E-state index is 13.1. The Hall–Kier alpha value is -2.68. The number of hydrogen-bond donors (Lipinski definition) is 1. The van der Waals surface area contributed by atoms with Gasteiger partial charge in [0.1, 0.15) is 0 Å². The lowest BCUT2D eigenvalue weighted by Gasteiger charge is -2.28. The van der Waals surface area contributed by atoms with Crippen LogP contribution in [0.4, 0.5) is 11.4 Å². The molecule has 3 rings (SSSR count). The molecule has 8 heteroatoms. The Morgan fingerprint density at radius 2 is 1.77 bits per heavy atom. The van der Waals surface area contributed by atoms with Gasteiger partial charge in [-0.15, -0.1) is 0 Å². The molecule has 2 aromatic rings. The Bertz CT molecular complexity index is 1010. The van der Waals surface area contributed by atoms with Crippen LogP contribution in [0.2, 0.25) is 0 Å². The summed E-state index contributed by atoms with van der Waals surface area (Å²) >= 11 is 0. The van der Waals surface area contributed by atoms with Gasteiger partial charge in [-0.3, -0.25) is 4.79 Å². The van der Waals surface area contributed by atoms with Gasteiger partial charge in [-0.05, 0) is 43.7 Å². The summed E-state index contributed by atoms with van der Waals surface area (Å²) in [7, 11) is -3.67. The third kappa shape index (κ3) is 5.72. The van der Waals surface area contributed by atoms with Gasteiger partial charge < -0.3 is 15.0 Å². The number of benzene rings is 2. The number of sulfonamides is 1. The SMILES string of the molecule is CCN(CC)c1ccc(S(=O)(=O)N2CCOCC2)cc1NC(=O)C=Cc1ccccc1. The monoisotopic (exact) mass is 443 g/mol. The fourth-order valence-corrected chi connectivity index (χ4v) is 4.90. The van der Waals surface area contributed by atoms with E-state index in [1.165, 1.54) is 10.4 Å². The van der Waals surface area contributed by atoms with Crippen molar-refractivity contribution in [2.75, 3.05) is 49.6 Å². The van der Waals surface area contributed by atoms with Crippen molar-refractivity contribution in [2.24, 2.45) is 0 Å². The van der Waals surface area contributed by atoms with Crippen LogP contribution in [0.25, 0.3) is 6.08 Å². The third-order valence-electron chi connectivity index (χ3n) is 5.16. The summed E-state index contributed by atoms with van der Waals surface area (Å²) in [6.45, 7) is 6.90. The van der Waals surface area contributed by atoms with E-state index in [9.17, 15) is 13.2 Å². The summed E-state index contributed by atoms with van der Waals surface area (Å²) in [6.07, 6.45) is 3.17. The van der Waals surface area contributed by atoms with Crippen molar-refractivity contribution in [1.82, 2.24) is 4.31 Å². The van der Waals surface area contributed by atoms with Crippen molar-refractivity contribution >= 4 is 33.4 Å². The van der Waals surface area contributed by atoms with Gasteiger partial charge in [-0.1, -0.05) is 30.3 Å². The highest BCUT2D eigenvalue weighted by Crippen LogP contribution is 2.30. The number of carbonyl (C=O) groups excluding carboxylic acids is 1. The maximum Gasteiger partial charge on any atom is 0.248 e. The Kier molecular flexibility index (Phi) is 7.84. The summed E-state index contributed by atoms with van der Waals surface area (Å²) in [6, 6.07) is 14.4. The first-order valence-electron chi connectivity index (χ1n) is 10.5. The fraction of sp³-hybridized carbons (Fsp3) is 0.348. The van der Waals surface area contributed by atoms with E-state index in [-0.39, 0.29) is 10.8 Å². The molecule has 1 amide bonds. The van der Waals surface area contributed by atoms with Crippen LogP contribution in [0.1, 0.15) is 19.4 Å². The molecule has 7 nitrogen and oxygen atoms in total. The largest absolute Gasteiger partial charge is 0.379 e. The van der Waals surface area contributed by atoms with Crippen LogP contribution in [-0.4, -0.2) is 58.0 Å². The molecule has 0 aliphatic carbocycles. The molecule has 0 aromatic heterocycles. The molecule has 0 unspecified atom stereocenters. The summed E-state index contributed by atoms with van der Waals surface area (Å²) < 4.78 is 32.9. The molecule has 1 N–H and O–H groups in total. The molecule has 1 saturated heterocycles. The zero-order chi connectivity index (χ0) is 22.3. The van der Waals surface area contributed by atoms with Crippen LogP contribution in [0.5, 0.6) is 0 Å². The summed E-state index contributed by atoms with van der Waals surface area (Å²) in [4.78, 5) is 14.8. The number of nitrogens with zero attached hydrogens (tertiary/aromatic N) is 2. The molecular formula is C23H29N3O4S. The highest BCUT2D eigenvalue weighted by Gasteiger charge is 2.27. The molecule has 166 valence electrons. The van der Waals surface area contributed by atoms with E-state index in [2.05, 4.69) is 10.2 Å². The Labute approximate surface area is 184 Å². The van der Waals surface area contributed by atoms with Crippen molar-refractivity contribution in [3.63, 3.8) is 0 Å². The number of hydrogen-bond acceptors (Lipinski definition) is 5. The number of carbonyl (C=O) groups is 1. The van der Waals surface area contributed by atoms with Crippen LogP contribution in [0.15, 0.2) is 59.5 Å². The minimum absolute atomic E-state index is 0.160. The first kappa shape index (κ1) is 23.0. The van der Waals surface area contributed by atoms with Crippen molar-refractivity contribution in [1.29, 1.82) is 0 Å². The van der Waals surface area contributed by atoms with Crippen molar-refractivity contribution in [3.05, 3.63) is 60.2 Å². The van der Waals surface area contributed by atoms with Gasteiger partial charge in [0.2, 0.25) is 15.9 Å². The van der Waals surface area contributed by atoms with Crippen LogP contribution in [0, 0.1) is 0 Å². The molecule has 0 radical (unpaired) electrons. The van der Waals surface area contributed by atoms with Gasteiger partial charge in [0, 0.05) is 32.3 Å². The predicted octanol–water partition coefficient (Wildman–Crippen LogP) is 3.21. The summed E-state index contributed by atoms with van der Waals surface area (Å²) in [5.74, 6) is -0.321. The van der Waals surface area contributed by atoms with E-state index in [1.807, 2.05) is 44.2 Å². The van der Waals surface area contributed by atoms with Crippen LogP contribution in [-0.2, 0) is 19.6 Å². The van der Waals surface area contributed by atoms with E-state index in [1.54, 1.807) is 24.3 Å². The molecule has 1 aliphatic heterocycles. The minimum atomic E-state index is -3.67. The van der Waals surface area contributed by atoms with Crippen molar-refractivity contribution < 1.29 is 17.9 Å². The smallest absolute Gasteiger partial charge is 0.248 e. The lowest BCUT2D eigenvalue weighted by atomic mass is 10.2. The molecule has 0 bridgehead atoms. The van der Waals surface area contributed by atoms with Crippen molar-refractivity contribution in [3.8, 4) is 0 Å². The van der Waals surface area contributed by atoms with E-state index in [4.69, 9.17) is 4.74 Å². The molecular weight excluding hydrogens is 414 g/mol. The van der Waals surface area contributed by atoms with Gasteiger partial charge in [0.15, 0.2) is 0 Å². The average Bonchev–Trinajstić information content (AvgIpc) is 2.80. The second kappa shape index (κ2) is 10.6. The molecule has 1 aliphatic rings. The lowest BCUT2D eigenvalue weighted by Crippen LogP contribution is -2.40. The number of rotatable bonds is 8. The normalized spacial score (nSPS) is 15.2. The zero-order valence-corrected chi connectivity index (χ0v) is 18.8. The third-order valence-corrected chi connectivity index (χ3v) is 7.06. The Morgan fingerprint density at radius 1 is 1.10 bits per heavy atom. The molecule has 1 fully saturated rings. The van der Waals surface area contributed by atoms with Gasteiger partial charge in [0.25, 0.3) is 0 Å².